The molecule has 2 aromatic heterocycles. The van der Waals surface area contributed by atoms with Gasteiger partial charge in [0.2, 0.25) is 0 Å². The number of pyridine rings is 1. The standard InChI is InChI=1S/C21H19Cl2N3O2S/c22-13-5-6-14(15(23)12-13)17-7-8-18(28-17)20-19(16-4-1-2-9-24-16)25-21(29)26(20)10-3-11-27/h1-2,4-9,12,19-20,27H,3,10-11H2,(H,25,29)/t19-,20+/m1/s1. The van der Waals surface area contributed by atoms with Crippen LogP contribution in [-0.4, -0.2) is 33.3 Å². The highest BCUT2D eigenvalue weighted by molar-refractivity contribution is 7.80. The van der Waals surface area contributed by atoms with E-state index >= 15 is 0 Å². The molecule has 29 heavy (non-hydrogen) atoms. The molecule has 0 saturated carbocycles. The highest BCUT2D eigenvalue weighted by Crippen LogP contribution is 2.41. The Labute approximate surface area is 184 Å². The maximum atomic E-state index is 9.31. The summed E-state index contributed by atoms with van der Waals surface area (Å²) in [5, 5.41) is 14.4. The van der Waals surface area contributed by atoms with E-state index in [1.165, 1.54) is 0 Å². The smallest absolute Gasteiger partial charge is 0.170 e. The Bertz CT molecular complexity index is 1010. The molecule has 4 rings (SSSR count). The van der Waals surface area contributed by atoms with Crippen LogP contribution >= 0.6 is 35.4 Å². The Morgan fingerprint density at radius 3 is 2.76 bits per heavy atom. The van der Waals surface area contributed by atoms with Crippen molar-refractivity contribution in [2.24, 2.45) is 0 Å². The summed E-state index contributed by atoms with van der Waals surface area (Å²) in [6.07, 6.45) is 2.36. The van der Waals surface area contributed by atoms with E-state index in [0.29, 0.717) is 33.9 Å². The number of hydrogen-bond donors (Lipinski definition) is 2. The second-order valence-electron chi connectivity index (χ2n) is 6.72. The predicted molar refractivity (Wildman–Crippen MR) is 118 cm³/mol. The highest BCUT2D eigenvalue weighted by atomic mass is 35.5. The zero-order valence-electron chi connectivity index (χ0n) is 15.4. The van der Waals surface area contributed by atoms with Gasteiger partial charge in [-0.25, -0.2) is 0 Å². The Balaban J connectivity index is 1.72. The molecule has 8 heteroatoms. The van der Waals surface area contributed by atoms with E-state index in [4.69, 9.17) is 39.8 Å². The minimum Gasteiger partial charge on any atom is -0.459 e. The molecule has 1 fully saturated rings. The Kier molecular flexibility index (Phi) is 6.06. The van der Waals surface area contributed by atoms with E-state index in [9.17, 15) is 5.11 Å². The summed E-state index contributed by atoms with van der Waals surface area (Å²) in [4.78, 5) is 6.54. The average molecular weight is 448 g/mol. The molecule has 3 heterocycles. The summed E-state index contributed by atoms with van der Waals surface area (Å²) in [7, 11) is 0. The minimum absolute atomic E-state index is 0.0872. The zero-order valence-corrected chi connectivity index (χ0v) is 17.7. The van der Waals surface area contributed by atoms with Crippen LogP contribution in [0.15, 0.2) is 59.1 Å². The van der Waals surface area contributed by atoms with Gasteiger partial charge in [0.15, 0.2) is 5.11 Å². The fourth-order valence-electron chi connectivity index (χ4n) is 3.54. The summed E-state index contributed by atoms with van der Waals surface area (Å²) < 4.78 is 6.23. The van der Waals surface area contributed by atoms with Crippen molar-refractivity contribution < 1.29 is 9.52 Å². The second-order valence-corrected chi connectivity index (χ2v) is 7.95. The number of nitrogens with zero attached hydrogens (tertiary/aromatic N) is 2. The van der Waals surface area contributed by atoms with Crippen LogP contribution in [0.4, 0.5) is 0 Å². The van der Waals surface area contributed by atoms with E-state index < -0.39 is 0 Å². The largest absolute Gasteiger partial charge is 0.459 e. The third-order valence-electron chi connectivity index (χ3n) is 4.87. The van der Waals surface area contributed by atoms with Crippen molar-refractivity contribution in [1.29, 1.82) is 0 Å². The van der Waals surface area contributed by atoms with Crippen LogP contribution in [0.5, 0.6) is 0 Å². The van der Waals surface area contributed by atoms with E-state index in [2.05, 4.69) is 10.3 Å². The van der Waals surface area contributed by atoms with Gasteiger partial charge >= 0.3 is 0 Å². The van der Waals surface area contributed by atoms with Gasteiger partial charge in [0.1, 0.15) is 17.6 Å². The van der Waals surface area contributed by atoms with Gasteiger partial charge in [-0.2, -0.15) is 0 Å². The molecular formula is C21H19Cl2N3O2S. The van der Waals surface area contributed by atoms with Crippen LogP contribution in [-0.2, 0) is 0 Å². The average Bonchev–Trinajstić information content (AvgIpc) is 3.31. The Morgan fingerprint density at radius 2 is 2.03 bits per heavy atom. The molecule has 3 aromatic rings. The van der Waals surface area contributed by atoms with E-state index in [1.807, 2.05) is 41.3 Å². The molecular weight excluding hydrogens is 429 g/mol. The van der Waals surface area contributed by atoms with Gasteiger partial charge in [0, 0.05) is 29.9 Å². The van der Waals surface area contributed by atoms with Crippen molar-refractivity contribution in [3.05, 3.63) is 76.2 Å². The third-order valence-corrected chi connectivity index (χ3v) is 5.77. The molecule has 2 atom stereocenters. The lowest BCUT2D eigenvalue weighted by atomic mass is 10.0. The summed E-state index contributed by atoms with van der Waals surface area (Å²) in [5.41, 5.74) is 1.64. The number of aliphatic hydroxyl groups excluding tert-OH is 1. The Hall–Kier alpha value is -2.12. The van der Waals surface area contributed by atoms with Crippen LogP contribution in [0, 0.1) is 0 Å². The van der Waals surface area contributed by atoms with Crippen molar-refractivity contribution in [2.75, 3.05) is 13.2 Å². The summed E-state index contributed by atoms with van der Waals surface area (Å²) in [6, 6.07) is 14.6. The predicted octanol–water partition coefficient (Wildman–Crippen LogP) is 5.00. The molecule has 0 spiro atoms. The molecule has 1 aliphatic rings. The summed E-state index contributed by atoms with van der Waals surface area (Å²) >= 11 is 17.9. The first kappa shape index (κ1) is 20.2. The third kappa shape index (κ3) is 4.12. The van der Waals surface area contributed by atoms with Crippen molar-refractivity contribution in [3.63, 3.8) is 0 Å². The number of nitrogens with one attached hydrogen (secondary N) is 1. The first-order valence-corrected chi connectivity index (χ1v) is 10.4. The quantitative estimate of drug-likeness (QED) is 0.518. The zero-order chi connectivity index (χ0) is 20.4. The number of rotatable bonds is 6. The lowest BCUT2D eigenvalue weighted by Gasteiger charge is -2.25. The number of furan rings is 1. The fraction of sp³-hybridized carbons (Fsp3) is 0.238. The van der Waals surface area contributed by atoms with E-state index in [1.54, 1.807) is 18.3 Å². The number of benzene rings is 1. The maximum Gasteiger partial charge on any atom is 0.170 e. The van der Waals surface area contributed by atoms with Gasteiger partial charge < -0.3 is 19.7 Å². The summed E-state index contributed by atoms with van der Waals surface area (Å²) in [6.45, 7) is 0.692. The van der Waals surface area contributed by atoms with Crippen molar-refractivity contribution in [1.82, 2.24) is 15.2 Å². The van der Waals surface area contributed by atoms with Crippen LogP contribution in [0.25, 0.3) is 11.3 Å². The Morgan fingerprint density at radius 1 is 1.17 bits per heavy atom. The molecule has 150 valence electrons. The lowest BCUT2D eigenvalue weighted by molar-refractivity contribution is 0.233. The minimum atomic E-state index is -0.191. The van der Waals surface area contributed by atoms with Crippen LogP contribution in [0.2, 0.25) is 10.0 Å². The number of hydrogen-bond acceptors (Lipinski definition) is 4. The number of thiocarbonyl (C=S) groups is 1. The number of halogens is 2. The number of aliphatic hydroxyl groups is 1. The second kappa shape index (κ2) is 8.71. The van der Waals surface area contributed by atoms with E-state index in [0.717, 1.165) is 17.0 Å². The normalized spacial score (nSPS) is 18.9. The molecule has 0 bridgehead atoms. The van der Waals surface area contributed by atoms with Gasteiger partial charge in [-0.05, 0) is 61.1 Å². The first-order valence-electron chi connectivity index (χ1n) is 9.22. The fourth-order valence-corrected chi connectivity index (χ4v) is 4.38. The van der Waals surface area contributed by atoms with Crippen LogP contribution in [0.1, 0.15) is 30.0 Å². The first-order chi connectivity index (χ1) is 14.1. The molecule has 0 unspecified atom stereocenters. The topological polar surface area (TPSA) is 61.5 Å². The van der Waals surface area contributed by atoms with Gasteiger partial charge in [-0.1, -0.05) is 29.3 Å². The van der Waals surface area contributed by atoms with Crippen molar-refractivity contribution in [2.45, 2.75) is 18.5 Å². The van der Waals surface area contributed by atoms with Crippen molar-refractivity contribution in [3.8, 4) is 11.3 Å². The molecule has 0 amide bonds. The van der Waals surface area contributed by atoms with Crippen LogP contribution < -0.4 is 5.32 Å². The molecule has 1 aromatic carbocycles. The molecule has 1 saturated heterocycles. The SMILES string of the molecule is OCCCN1C(=S)N[C@H](c2ccccn2)[C@@H]1c1ccc(-c2ccc(Cl)cc2Cl)o1. The van der Waals surface area contributed by atoms with Crippen LogP contribution in [0.3, 0.4) is 0 Å². The number of aromatic nitrogens is 1. The molecule has 1 aliphatic heterocycles. The molecule has 0 radical (unpaired) electrons. The summed E-state index contributed by atoms with van der Waals surface area (Å²) in [5.74, 6) is 1.40. The molecule has 5 nitrogen and oxygen atoms in total. The molecule has 0 aliphatic carbocycles. The van der Waals surface area contributed by atoms with Crippen molar-refractivity contribution >= 4 is 40.5 Å². The van der Waals surface area contributed by atoms with E-state index in [-0.39, 0.29) is 18.7 Å². The van der Waals surface area contributed by atoms with Gasteiger partial charge in [0.25, 0.3) is 0 Å². The van der Waals surface area contributed by atoms with Gasteiger partial charge in [-0.15, -0.1) is 0 Å². The lowest BCUT2D eigenvalue weighted by Crippen LogP contribution is -2.30. The van der Waals surface area contributed by atoms with Gasteiger partial charge in [0.05, 0.1) is 16.8 Å². The van der Waals surface area contributed by atoms with Gasteiger partial charge in [-0.3, -0.25) is 4.98 Å². The monoisotopic (exact) mass is 447 g/mol. The highest BCUT2D eigenvalue weighted by Gasteiger charge is 2.41. The maximum absolute atomic E-state index is 9.31. The molecule has 2 N–H and O–H groups in total.